The number of amides is 1. The third kappa shape index (κ3) is 3.59. The lowest BCUT2D eigenvalue weighted by atomic mass is 10.2. The van der Waals surface area contributed by atoms with E-state index in [4.69, 9.17) is 9.47 Å². The van der Waals surface area contributed by atoms with Gasteiger partial charge in [0.1, 0.15) is 17.2 Å². The lowest BCUT2D eigenvalue weighted by Crippen LogP contribution is -2.41. The van der Waals surface area contributed by atoms with Crippen molar-refractivity contribution in [3.05, 3.63) is 58.5 Å². The molecule has 10 heteroatoms. The lowest BCUT2D eigenvalue weighted by Gasteiger charge is -2.20. The number of nitrogens with zero attached hydrogens (tertiary/aromatic N) is 5. The first kappa shape index (κ1) is 19.8. The zero-order valence-corrected chi connectivity index (χ0v) is 16.1. The van der Waals surface area contributed by atoms with Gasteiger partial charge in [0.15, 0.2) is 6.29 Å². The molecule has 1 heterocycles. The van der Waals surface area contributed by atoms with E-state index in [1.165, 1.54) is 25.2 Å². The molecule has 0 spiro atoms. The van der Waals surface area contributed by atoms with Crippen LogP contribution >= 0.6 is 0 Å². The molecule has 0 bridgehead atoms. The van der Waals surface area contributed by atoms with Crippen molar-refractivity contribution in [2.75, 3.05) is 25.7 Å². The van der Waals surface area contributed by atoms with Gasteiger partial charge in [-0.2, -0.15) is 4.68 Å². The third-order valence-corrected chi connectivity index (χ3v) is 4.27. The number of methoxy groups -OCH3 is 2. The number of hydrogen-bond donors (Lipinski definition) is 0. The molecule has 0 aliphatic heterocycles. The Hall–Kier alpha value is -3.95. The van der Waals surface area contributed by atoms with Crippen molar-refractivity contribution >= 4 is 18.0 Å². The zero-order chi connectivity index (χ0) is 21.0. The molecule has 150 valence electrons. The van der Waals surface area contributed by atoms with E-state index in [1.807, 2.05) is 0 Å². The number of rotatable bonds is 6. The van der Waals surface area contributed by atoms with Gasteiger partial charge in [-0.3, -0.25) is 9.69 Å². The van der Waals surface area contributed by atoms with Crippen LogP contribution in [0.1, 0.15) is 17.3 Å². The van der Waals surface area contributed by atoms with Crippen LogP contribution in [0.5, 0.6) is 11.5 Å². The fourth-order valence-electron chi connectivity index (χ4n) is 2.85. The van der Waals surface area contributed by atoms with Crippen LogP contribution in [0.2, 0.25) is 0 Å². The molecule has 29 heavy (non-hydrogen) atoms. The normalized spacial score (nSPS) is 10.4. The predicted octanol–water partition coefficient (Wildman–Crippen LogP) is 1.75. The van der Waals surface area contributed by atoms with Gasteiger partial charge in [0.25, 0.3) is 0 Å². The summed E-state index contributed by atoms with van der Waals surface area (Å²) in [5.41, 5.74) is 0.303. The van der Waals surface area contributed by atoms with Crippen LogP contribution in [0, 0.1) is 0 Å². The Kier molecular flexibility index (Phi) is 5.72. The highest BCUT2D eigenvalue weighted by Gasteiger charge is 2.23. The number of benzene rings is 2. The maximum atomic E-state index is 13.0. The van der Waals surface area contributed by atoms with Crippen LogP contribution in [-0.4, -0.2) is 52.9 Å². The van der Waals surface area contributed by atoms with Crippen LogP contribution in [0.3, 0.4) is 0 Å². The van der Waals surface area contributed by atoms with Crippen LogP contribution in [0.4, 0.5) is 10.5 Å². The molecule has 0 aliphatic rings. The Balaban J connectivity index is 2.01. The largest absolute Gasteiger partial charge is 0.496 e. The standard InChI is InChI=1S/C19H19N5O5/c1-4-22(14-9-10-16(28-2)13(11-14)12-25)18(26)24-19(27)23(20-21-24)15-7-5-6-8-17(15)29-3/h5-12H,4H2,1-3H3. The van der Waals surface area contributed by atoms with E-state index in [-0.39, 0.29) is 12.1 Å². The number of carbonyl (C=O) groups is 2. The molecule has 0 atom stereocenters. The summed E-state index contributed by atoms with van der Waals surface area (Å²) in [6.07, 6.45) is 0.630. The maximum absolute atomic E-state index is 13.0. The molecule has 0 saturated carbocycles. The Bertz CT molecular complexity index is 1100. The monoisotopic (exact) mass is 397 g/mol. The molecule has 1 aromatic heterocycles. The van der Waals surface area contributed by atoms with Crippen molar-refractivity contribution in [3.63, 3.8) is 0 Å². The average Bonchev–Trinajstić information content (AvgIpc) is 3.14. The van der Waals surface area contributed by atoms with E-state index in [1.54, 1.807) is 43.3 Å². The number of para-hydroxylation sites is 2. The van der Waals surface area contributed by atoms with Gasteiger partial charge >= 0.3 is 11.7 Å². The molecule has 10 nitrogen and oxygen atoms in total. The predicted molar refractivity (Wildman–Crippen MR) is 104 cm³/mol. The van der Waals surface area contributed by atoms with Gasteiger partial charge in [0, 0.05) is 12.2 Å². The molecular weight excluding hydrogens is 378 g/mol. The molecule has 3 rings (SSSR count). The molecule has 0 unspecified atom stereocenters. The fourth-order valence-corrected chi connectivity index (χ4v) is 2.85. The van der Waals surface area contributed by atoms with Gasteiger partial charge in [0.05, 0.1) is 19.8 Å². The first-order valence-corrected chi connectivity index (χ1v) is 8.69. The first-order chi connectivity index (χ1) is 14.0. The van der Waals surface area contributed by atoms with Gasteiger partial charge < -0.3 is 9.47 Å². The Morgan fingerprint density at radius 2 is 1.83 bits per heavy atom. The molecule has 3 aromatic rings. The lowest BCUT2D eigenvalue weighted by molar-refractivity contribution is 0.112. The summed E-state index contributed by atoms with van der Waals surface area (Å²) in [5, 5.41) is 7.51. The number of tetrazole rings is 1. The summed E-state index contributed by atoms with van der Waals surface area (Å²) in [5.74, 6) is 0.791. The fraction of sp³-hybridized carbons (Fsp3) is 0.211. The second-order valence-electron chi connectivity index (χ2n) is 5.83. The highest BCUT2D eigenvalue weighted by atomic mass is 16.5. The number of anilines is 1. The molecule has 0 aliphatic carbocycles. The highest BCUT2D eigenvalue weighted by molar-refractivity contribution is 5.94. The van der Waals surface area contributed by atoms with Gasteiger partial charge in [-0.25, -0.2) is 9.59 Å². The van der Waals surface area contributed by atoms with Gasteiger partial charge in [-0.1, -0.05) is 12.1 Å². The summed E-state index contributed by atoms with van der Waals surface area (Å²) in [6.45, 7) is 1.97. The highest BCUT2D eigenvalue weighted by Crippen LogP contribution is 2.24. The molecule has 0 radical (unpaired) electrons. The topological polar surface area (TPSA) is 109 Å². The van der Waals surface area contributed by atoms with Gasteiger partial charge in [0.2, 0.25) is 0 Å². The van der Waals surface area contributed by atoms with E-state index >= 15 is 0 Å². The van der Waals surface area contributed by atoms with E-state index in [0.717, 1.165) is 4.68 Å². The van der Waals surface area contributed by atoms with Gasteiger partial charge in [-0.15, -0.1) is 4.68 Å². The number of carbonyl (C=O) groups excluding carboxylic acids is 2. The second-order valence-corrected chi connectivity index (χ2v) is 5.83. The van der Waals surface area contributed by atoms with Crippen LogP contribution in [0.15, 0.2) is 47.3 Å². The Morgan fingerprint density at radius 1 is 1.10 bits per heavy atom. The molecule has 0 fully saturated rings. The third-order valence-electron chi connectivity index (χ3n) is 4.27. The van der Waals surface area contributed by atoms with Gasteiger partial charge in [-0.05, 0) is 47.7 Å². The van der Waals surface area contributed by atoms with Crippen LogP contribution < -0.4 is 20.1 Å². The van der Waals surface area contributed by atoms with E-state index in [9.17, 15) is 14.4 Å². The average molecular weight is 397 g/mol. The Morgan fingerprint density at radius 3 is 2.48 bits per heavy atom. The number of aromatic nitrogens is 4. The van der Waals surface area contributed by atoms with Crippen molar-refractivity contribution in [2.24, 2.45) is 0 Å². The van der Waals surface area contributed by atoms with Crippen molar-refractivity contribution in [1.29, 1.82) is 0 Å². The minimum atomic E-state index is -0.748. The zero-order valence-electron chi connectivity index (χ0n) is 16.1. The maximum Gasteiger partial charge on any atom is 0.377 e. The van der Waals surface area contributed by atoms with Crippen molar-refractivity contribution in [1.82, 2.24) is 19.8 Å². The van der Waals surface area contributed by atoms with Crippen molar-refractivity contribution in [3.8, 4) is 17.2 Å². The van der Waals surface area contributed by atoms with E-state index < -0.39 is 11.7 Å². The quantitative estimate of drug-likeness (QED) is 0.460. The number of aldehydes is 1. The number of hydrogen-bond acceptors (Lipinski definition) is 7. The summed E-state index contributed by atoms with van der Waals surface area (Å²) >= 11 is 0. The summed E-state index contributed by atoms with van der Waals surface area (Å²) < 4.78 is 12.0. The summed E-state index contributed by atoms with van der Waals surface area (Å²) in [4.78, 5) is 38.3. The second kappa shape index (κ2) is 8.38. The van der Waals surface area contributed by atoms with E-state index in [2.05, 4.69) is 10.4 Å². The van der Waals surface area contributed by atoms with Crippen molar-refractivity contribution in [2.45, 2.75) is 6.92 Å². The molecular formula is C19H19N5O5. The molecule has 1 amide bonds. The molecule has 0 saturated heterocycles. The van der Waals surface area contributed by atoms with Crippen molar-refractivity contribution < 1.29 is 19.1 Å². The van der Waals surface area contributed by atoms with Crippen LogP contribution in [-0.2, 0) is 0 Å². The number of ether oxygens (including phenoxy) is 2. The smallest absolute Gasteiger partial charge is 0.377 e. The molecule has 2 aromatic carbocycles. The van der Waals surface area contributed by atoms with E-state index in [0.29, 0.717) is 33.8 Å². The molecule has 0 N–H and O–H groups in total. The summed E-state index contributed by atoms with van der Waals surface area (Å²) in [6, 6.07) is 10.7. The Labute approximate surface area is 165 Å². The SMILES string of the molecule is CCN(C(=O)n1nnn(-c2ccccc2OC)c1=O)c1ccc(OC)c(C=O)c1. The minimum absolute atomic E-state index is 0.234. The minimum Gasteiger partial charge on any atom is -0.496 e. The van der Waals surface area contributed by atoms with Crippen LogP contribution in [0.25, 0.3) is 5.69 Å². The first-order valence-electron chi connectivity index (χ1n) is 8.69. The summed E-state index contributed by atoms with van der Waals surface area (Å²) in [7, 11) is 2.91.